The highest BCUT2D eigenvalue weighted by Gasteiger charge is 2.24. The number of oxime groups is 1. The number of imide groups is 1. The van der Waals surface area contributed by atoms with Gasteiger partial charge in [0.2, 0.25) is 11.8 Å². The minimum absolute atomic E-state index is 0.0464. The number of carbonyl (C=O) groups excluding carboxylic acids is 2. The molecule has 0 saturated carbocycles. The minimum Gasteiger partial charge on any atom is -0.399 e. The molecule has 0 N–H and O–H groups in total. The highest BCUT2D eigenvalue weighted by Crippen LogP contribution is 2.12. The van der Waals surface area contributed by atoms with Crippen LogP contribution in [0, 0.1) is 0 Å². The first kappa shape index (κ1) is 11.7. The lowest BCUT2D eigenvalue weighted by Gasteiger charge is -2.24. The van der Waals surface area contributed by atoms with Crippen LogP contribution in [0.1, 0.15) is 32.1 Å². The van der Waals surface area contributed by atoms with Crippen molar-refractivity contribution < 1.29 is 14.4 Å². The normalized spacial score (nSPS) is 17.5. The van der Waals surface area contributed by atoms with E-state index < -0.39 is 0 Å². The lowest BCUT2D eigenvalue weighted by atomic mass is 10.1. The zero-order valence-electron chi connectivity index (χ0n) is 8.94. The smallest absolute Gasteiger partial charge is 0.229 e. The monoisotopic (exact) mass is 212 g/mol. The molecule has 0 radical (unpaired) electrons. The molecule has 0 aromatic heterocycles. The summed E-state index contributed by atoms with van der Waals surface area (Å²) in [5.41, 5.74) is 0. The van der Waals surface area contributed by atoms with E-state index in [1.165, 1.54) is 12.0 Å². The molecule has 0 spiro atoms. The Kier molecular flexibility index (Phi) is 4.80. The quantitative estimate of drug-likeness (QED) is 0.295. The predicted octanol–water partition coefficient (Wildman–Crippen LogP) is 0.938. The van der Waals surface area contributed by atoms with Gasteiger partial charge in [0.05, 0.1) is 0 Å². The van der Waals surface area contributed by atoms with Crippen molar-refractivity contribution in [2.24, 2.45) is 5.16 Å². The molecule has 84 valence electrons. The van der Waals surface area contributed by atoms with E-state index in [1.54, 1.807) is 6.21 Å². The molecule has 1 saturated heterocycles. The van der Waals surface area contributed by atoms with E-state index >= 15 is 0 Å². The van der Waals surface area contributed by atoms with Crippen LogP contribution in [0.25, 0.3) is 0 Å². The number of amides is 2. The van der Waals surface area contributed by atoms with Crippen LogP contribution in [-0.2, 0) is 14.4 Å². The average Bonchev–Trinajstić information content (AvgIpc) is 2.21. The summed E-state index contributed by atoms with van der Waals surface area (Å²) in [7, 11) is 1.48. The first-order chi connectivity index (χ1) is 7.25. The number of nitrogens with zero attached hydrogens (tertiary/aromatic N) is 2. The van der Waals surface area contributed by atoms with Crippen LogP contribution >= 0.6 is 0 Å². The molecule has 2 amide bonds. The molecule has 0 bridgehead atoms. The molecule has 1 fully saturated rings. The van der Waals surface area contributed by atoms with Crippen LogP contribution in [0.3, 0.4) is 0 Å². The molecule has 0 aliphatic carbocycles. The number of likely N-dealkylation sites (tertiary alicyclic amines) is 1. The fourth-order valence-corrected chi connectivity index (χ4v) is 1.52. The van der Waals surface area contributed by atoms with E-state index in [0.717, 1.165) is 6.42 Å². The third-order valence-corrected chi connectivity index (χ3v) is 2.28. The number of hydrogen-bond donors (Lipinski definition) is 0. The third-order valence-electron chi connectivity index (χ3n) is 2.28. The summed E-state index contributed by atoms with van der Waals surface area (Å²) in [6.45, 7) is 0.493. The molecule has 1 rings (SSSR count). The van der Waals surface area contributed by atoms with Crippen molar-refractivity contribution in [2.75, 3.05) is 13.7 Å². The van der Waals surface area contributed by atoms with E-state index in [-0.39, 0.29) is 11.8 Å². The van der Waals surface area contributed by atoms with Crippen LogP contribution < -0.4 is 0 Å². The van der Waals surface area contributed by atoms with Crippen molar-refractivity contribution in [3.63, 3.8) is 0 Å². The molecule has 1 aliphatic rings. The molecular formula is C10H16N2O3. The number of unbranched alkanes of at least 4 members (excludes halogenated alkanes) is 1. The van der Waals surface area contributed by atoms with Gasteiger partial charge in [-0.05, 0) is 19.3 Å². The van der Waals surface area contributed by atoms with Gasteiger partial charge >= 0.3 is 0 Å². The lowest BCUT2D eigenvalue weighted by molar-refractivity contribution is -0.147. The zero-order valence-corrected chi connectivity index (χ0v) is 8.94. The van der Waals surface area contributed by atoms with E-state index in [0.29, 0.717) is 32.2 Å². The van der Waals surface area contributed by atoms with Crippen molar-refractivity contribution in [3.05, 3.63) is 0 Å². The second-order valence-electron chi connectivity index (χ2n) is 3.41. The van der Waals surface area contributed by atoms with Crippen molar-refractivity contribution in [1.29, 1.82) is 0 Å². The highest BCUT2D eigenvalue weighted by molar-refractivity contribution is 5.97. The Bertz CT molecular complexity index is 247. The van der Waals surface area contributed by atoms with Gasteiger partial charge < -0.3 is 4.84 Å². The highest BCUT2D eigenvalue weighted by atomic mass is 16.6. The predicted molar refractivity (Wildman–Crippen MR) is 55.3 cm³/mol. The van der Waals surface area contributed by atoms with Gasteiger partial charge in [0.25, 0.3) is 0 Å². The van der Waals surface area contributed by atoms with Crippen molar-refractivity contribution in [2.45, 2.75) is 32.1 Å². The van der Waals surface area contributed by atoms with E-state index in [2.05, 4.69) is 9.99 Å². The summed E-state index contributed by atoms with van der Waals surface area (Å²) < 4.78 is 0. The summed E-state index contributed by atoms with van der Waals surface area (Å²) in [4.78, 5) is 28.6. The van der Waals surface area contributed by atoms with Gasteiger partial charge in [-0.1, -0.05) is 5.16 Å². The van der Waals surface area contributed by atoms with Gasteiger partial charge in [-0.3, -0.25) is 14.5 Å². The fourth-order valence-electron chi connectivity index (χ4n) is 1.52. The van der Waals surface area contributed by atoms with Crippen LogP contribution in [-0.4, -0.2) is 36.6 Å². The largest absolute Gasteiger partial charge is 0.399 e. The molecule has 0 atom stereocenters. The standard InChI is InChI=1S/C10H16N2O3/c1-15-11-7-2-3-8-12-9(13)5-4-6-10(12)14/h7H,2-6,8H2,1H3/b11-7+. The molecule has 0 aromatic rings. The Morgan fingerprint density at radius 2 is 2.07 bits per heavy atom. The molecular weight excluding hydrogens is 196 g/mol. The summed E-state index contributed by atoms with van der Waals surface area (Å²) in [5, 5.41) is 3.58. The maximum atomic E-state index is 11.4. The van der Waals surface area contributed by atoms with Gasteiger partial charge in [0.15, 0.2) is 0 Å². The SMILES string of the molecule is CO/N=C/CCCN1C(=O)CCCC1=O. The Hall–Kier alpha value is -1.39. The van der Waals surface area contributed by atoms with Crippen molar-refractivity contribution in [3.8, 4) is 0 Å². The average molecular weight is 212 g/mol. The number of carbonyl (C=O) groups is 2. The van der Waals surface area contributed by atoms with E-state index in [4.69, 9.17) is 0 Å². The molecule has 1 aliphatic heterocycles. The Balaban J connectivity index is 2.26. The molecule has 1 heterocycles. The molecule has 0 aromatic carbocycles. The molecule has 15 heavy (non-hydrogen) atoms. The van der Waals surface area contributed by atoms with Gasteiger partial charge in [-0.25, -0.2) is 0 Å². The maximum Gasteiger partial charge on any atom is 0.229 e. The zero-order chi connectivity index (χ0) is 11.1. The van der Waals surface area contributed by atoms with Gasteiger partial charge in [0, 0.05) is 25.6 Å². The van der Waals surface area contributed by atoms with Gasteiger partial charge in [-0.2, -0.15) is 0 Å². The Morgan fingerprint density at radius 3 is 2.67 bits per heavy atom. The molecule has 5 heteroatoms. The first-order valence-corrected chi connectivity index (χ1v) is 5.14. The van der Waals surface area contributed by atoms with Crippen LogP contribution in [0.15, 0.2) is 5.16 Å². The summed E-state index contributed by atoms with van der Waals surface area (Å²) in [6, 6.07) is 0. The minimum atomic E-state index is -0.0464. The van der Waals surface area contributed by atoms with Crippen molar-refractivity contribution >= 4 is 18.0 Å². The van der Waals surface area contributed by atoms with Gasteiger partial charge in [-0.15, -0.1) is 0 Å². The lowest BCUT2D eigenvalue weighted by Crippen LogP contribution is -2.40. The number of rotatable bonds is 5. The second kappa shape index (κ2) is 6.16. The third kappa shape index (κ3) is 3.69. The van der Waals surface area contributed by atoms with Gasteiger partial charge in [0.1, 0.15) is 7.11 Å². The van der Waals surface area contributed by atoms with Crippen molar-refractivity contribution in [1.82, 2.24) is 4.90 Å². The Labute approximate surface area is 89.1 Å². The maximum absolute atomic E-state index is 11.4. The first-order valence-electron chi connectivity index (χ1n) is 5.14. The second-order valence-corrected chi connectivity index (χ2v) is 3.41. The summed E-state index contributed by atoms with van der Waals surface area (Å²) in [6.07, 6.45) is 4.78. The van der Waals surface area contributed by atoms with E-state index in [1.807, 2.05) is 0 Å². The van der Waals surface area contributed by atoms with Crippen LogP contribution in [0.2, 0.25) is 0 Å². The fraction of sp³-hybridized carbons (Fsp3) is 0.700. The number of hydrogen-bond acceptors (Lipinski definition) is 4. The number of piperidine rings is 1. The molecule has 0 unspecified atom stereocenters. The summed E-state index contributed by atoms with van der Waals surface area (Å²) in [5.74, 6) is -0.0927. The van der Waals surface area contributed by atoms with Crippen LogP contribution in [0.5, 0.6) is 0 Å². The topological polar surface area (TPSA) is 59.0 Å². The molecule has 5 nitrogen and oxygen atoms in total. The Morgan fingerprint density at radius 1 is 1.40 bits per heavy atom. The van der Waals surface area contributed by atoms with E-state index in [9.17, 15) is 9.59 Å². The van der Waals surface area contributed by atoms with Crippen LogP contribution in [0.4, 0.5) is 0 Å². The summed E-state index contributed by atoms with van der Waals surface area (Å²) >= 11 is 0.